The third kappa shape index (κ3) is 8.79. The van der Waals surface area contributed by atoms with Crippen LogP contribution in [0, 0.1) is 0 Å². The van der Waals surface area contributed by atoms with E-state index in [1.54, 1.807) is 6.92 Å². The van der Waals surface area contributed by atoms with Crippen molar-refractivity contribution in [3.05, 3.63) is 0 Å². The van der Waals surface area contributed by atoms with Crippen molar-refractivity contribution in [1.29, 1.82) is 0 Å². The molecule has 0 aromatic heterocycles. The molecule has 8 heteroatoms. The summed E-state index contributed by atoms with van der Waals surface area (Å²) >= 11 is 0. The minimum absolute atomic E-state index is 0.264. The molecule has 0 rings (SSSR count). The largest absolute Gasteiger partial charge is 0.330 e. The molecule has 0 aromatic rings. The summed E-state index contributed by atoms with van der Waals surface area (Å²) in [6, 6.07) is -0.264. The number of sulfone groups is 1. The van der Waals surface area contributed by atoms with E-state index in [-0.39, 0.29) is 11.8 Å². The van der Waals surface area contributed by atoms with Crippen LogP contribution in [0.5, 0.6) is 0 Å². The van der Waals surface area contributed by atoms with Gasteiger partial charge in [0.1, 0.15) is 9.84 Å². The molecule has 1 unspecified atom stereocenters. The Morgan fingerprint density at radius 3 is 2.13 bits per heavy atom. The fourth-order valence-electron chi connectivity index (χ4n) is 0.935. The van der Waals surface area contributed by atoms with Gasteiger partial charge in [-0.2, -0.15) is 0 Å². The summed E-state index contributed by atoms with van der Waals surface area (Å²) in [4.78, 5) is 0. The van der Waals surface area contributed by atoms with Crippen LogP contribution in [0.25, 0.3) is 0 Å². The second-order valence-corrected chi connectivity index (χ2v) is 7.68. The summed E-state index contributed by atoms with van der Waals surface area (Å²) in [5, 5.41) is 0. The van der Waals surface area contributed by atoms with Gasteiger partial charge < -0.3 is 5.73 Å². The highest BCUT2D eigenvalue weighted by Gasteiger charge is 2.16. The lowest BCUT2D eigenvalue weighted by Gasteiger charge is -2.12. The van der Waals surface area contributed by atoms with Crippen molar-refractivity contribution in [2.45, 2.75) is 19.4 Å². The van der Waals surface area contributed by atoms with Crippen molar-refractivity contribution in [3.8, 4) is 0 Å². The van der Waals surface area contributed by atoms with Crippen molar-refractivity contribution in [3.63, 3.8) is 0 Å². The Morgan fingerprint density at radius 1 is 1.20 bits per heavy atom. The molecule has 0 amide bonds. The normalized spacial score (nSPS) is 15.1. The van der Waals surface area contributed by atoms with Crippen molar-refractivity contribution in [2.24, 2.45) is 5.73 Å². The fourth-order valence-corrected chi connectivity index (χ4v) is 3.87. The first-order valence-electron chi connectivity index (χ1n) is 4.54. The van der Waals surface area contributed by atoms with Crippen LogP contribution in [0.15, 0.2) is 0 Å². The second-order valence-electron chi connectivity index (χ2n) is 3.54. The molecule has 0 aliphatic rings. The lowest BCUT2D eigenvalue weighted by molar-refractivity contribution is 0.549. The molecule has 0 saturated heterocycles. The van der Waals surface area contributed by atoms with E-state index >= 15 is 0 Å². The molecule has 0 aromatic carbocycles. The predicted molar refractivity (Wildman–Crippen MR) is 59.8 cm³/mol. The van der Waals surface area contributed by atoms with Crippen molar-refractivity contribution in [1.82, 2.24) is 4.72 Å². The Hall–Kier alpha value is -0.180. The summed E-state index contributed by atoms with van der Waals surface area (Å²) in [5.41, 5.74) is 5.26. The molecule has 0 bridgehead atoms. The Labute approximate surface area is 91.2 Å². The average Bonchev–Trinajstić information content (AvgIpc) is 1.99. The maximum Gasteiger partial charge on any atom is 0.212 e. The number of nitrogens with two attached hydrogens (primary N) is 1. The number of sulfonamides is 1. The molecule has 15 heavy (non-hydrogen) atoms. The standard InChI is InChI=1S/C7H18N2O4S2/c1-7(3-4-8)9-15(12,13)6-5-14(2,10)11/h7,9H,3-6,8H2,1-2H3. The number of hydrogen-bond donors (Lipinski definition) is 2. The van der Waals surface area contributed by atoms with E-state index in [1.807, 2.05) is 0 Å². The predicted octanol–water partition coefficient (Wildman–Crippen LogP) is -1.31. The zero-order valence-corrected chi connectivity index (χ0v) is 10.6. The summed E-state index contributed by atoms with van der Waals surface area (Å²) in [6.45, 7) is 2.07. The molecule has 0 saturated carbocycles. The van der Waals surface area contributed by atoms with E-state index in [9.17, 15) is 16.8 Å². The van der Waals surface area contributed by atoms with E-state index < -0.39 is 25.6 Å². The molecular formula is C7H18N2O4S2. The third-order valence-corrected chi connectivity index (χ3v) is 4.41. The van der Waals surface area contributed by atoms with Gasteiger partial charge in [-0.25, -0.2) is 21.6 Å². The number of hydrogen-bond acceptors (Lipinski definition) is 5. The summed E-state index contributed by atoms with van der Waals surface area (Å²) in [5.74, 6) is -0.765. The van der Waals surface area contributed by atoms with Crippen LogP contribution in [0.3, 0.4) is 0 Å². The molecule has 0 fully saturated rings. The van der Waals surface area contributed by atoms with Crippen molar-refractivity contribution in [2.75, 3.05) is 24.3 Å². The summed E-state index contributed by atoms with van der Waals surface area (Å²) < 4.78 is 46.6. The van der Waals surface area contributed by atoms with Crippen LogP contribution in [-0.4, -0.2) is 47.2 Å². The van der Waals surface area contributed by atoms with Crippen LogP contribution < -0.4 is 10.5 Å². The smallest absolute Gasteiger partial charge is 0.212 e. The van der Waals surface area contributed by atoms with Gasteiger partial charge in [0.25, 0.3) is 0 Å². The lowest BCUT2D eigenvalue weighted by atomic mass is 10.3. The first-order valence-corrected chi connectivity index (χ1v) is 8.25. The molecule has 0 spiro atoms. The van der Waals surface area contributed by atoms with E-state index in [2.05, 4.69) is 4.72 Å². The van der Waals surface area contributed by atoms with Crippen LogP contribution in [-0.2, 0) is 19.9 Å². The van der Waals surface area contributed by atoms with Gasteiger partial charge in [0.2, 0.25) is 10.0 Å². The Kier molecular flexibility index (Phi) is 5.71. The maximum absolute atomic E-state index is 11.3. The first kappa shape index (κ1) is 14.8. The Balaban J connectivity index is 4.21. The molecule has 0 heterocycles. The van der Waals surface area contributed by atoms with Crippen LogP contribution in [0.4, 0.5) is 0 Å². The molecular weight excluding hydrogens is 240 g/mol. The van der Waals surface area contributed by atoms with Gasteiger partial charge >= 0.3 is 0 Å². The highest BCUT2D eigenvalue weighted by Crippen LogP contribution is 1.95. The molecule has 6 nitrogen and oxygen atoms in total. The molecule has 1 atom stereocenters. The molecule has 0 radical (unpaired) electrons. The van der Waals surface area contributed by atoms with Gasteiger partial charge in [0.05, 0.1) is 11.5 Å². The second kappa shape index (κ2) is 5.78. The molecule has 3 N–H and O–H groups in total. The summed E-state index contributed by atoms with van der Waals surface area (Å²) in [7, 11) is -6.77. The van der Waals surface area contributed by atoms with E-state index in [0.29, 0.717) is 13.0 Å². The van der Waals surface area contributed by atoms with Crippen LogP contribution >= 0.6 is 0 Å². The quantitative estimate of drug-likeness (QED) is 0.589. The molecule has 0 aliphatic carbocycles. The van der Waals surface area contributed by atoms with Gasteiger partial charge in [0.15, 0.2) is 0 Å². The van der Waals surface area contributed by atoms with Gasteiger partial charge in [-0.3, -0.25) is 0 Å². The Bertz CT molecular complexity index is 374. The topological polar surface area (TPSA) is 106 Å². The van der Waals surface area contributed by atoms with Gasteiger partial charge in [-0.05, 0) is 19.9 Å². The van der Waals surface area contributed by atoms with Gasteiger partial charge in [-0.1, -0.05) is 0 Å². The number of rotatable bonds is 7. The third-order valence-electron chi connectivity index (χ3n) is 1.70. The van der Waals surface area contributed by atoms with Crippen LogP contribution in [0.1, 0.15) is 13.3 Å². The number of nitrogens with one attached hydrogen (secondary N) is 1. The molecule has 92 valence electrons. The minimum atomic E-state index is -3.52. The maximum atomic E-state index is 11.3. The highest BCUT2D eigenvalue weighted by atomic mass is 32.2. The molecule has 0 aliphatic heterocycles. The van der Waals surface area contributed by atoms with E-state index in [4.69, 9.17) is 5.73 Å². The summed E-state index contributed by atoms with van der Waals surface area (Å²) in [6.07, 6.45) is 1.53. The zero-order chi connectivity index (χ0) is 12.1. The van der Waals surface area contributed by atoms with E-state index in [0.717, 1.165) is 6.26 Å². The average molecular weight is 258 g/mol. The first-order chi connectivity index (χ1) is 6.66. The minimum Gasteiger partial charge on any atom is -0.330 e. The lowest BCUT2D eigenvalue weighted by Crippen LogP contribution is -2.37. The van der Waals surface area contributed by atoms with Gasteiger partial charge in [0, 0.05) is 12.3 Å². The zero-order valence-electron chi connectivity index (χ0n) is 8.93. The van der Waals surface area contributed by atoms with Gasteiger partial charge in [-0.15, -0.1) is 0 Å². The fraction of sp³-hybridized carbons (Fsp3) is 1.00. The van der Waals surface area contributed by atoms with E-state index in [1.165, 1.54) is 0 Å². The highest BCUT2D eigenvalue weighted by molar-refractivity contribution is 7.93. The SMILES string of the molecule is CC(CCN)NS(=O)(=O)CCS(C)(=O)=O. The van der Waals surface area contributed by atoms with Crippen LogP contribution in [0.2, 0.25) is 0 Å². The van der Waals surface area contributed by atoms with Crippen molar-refractivity contribution < 1.29 is 16.8 Å². The van der Waals surface area contributed by atoms with Crippen molar-refractivity contribution >= 4 is 19.9 Å². The Morgan fingerprint density at radius 2 is 1.73 bits per heavy atom. The monoisotopic (exact) mass is 258 g/mol.